The Hall–Kier alpha value is -1.24. The molecule has 0 radical (unpaired) electrons. The smallest absolute Gasteiger partial charge is 0.138 e. The predicted molar refractivity (Wildman–Crippen MR) is 82.6 cm³/mol. The summed E-state index contributed by atoms with van der Waals surface area (Å²) in [4.78, 5) is 11.0. The summed E-state index contributed by atoms with van der Waals surface area (Å²) in [6.45, 7) is 5.03. The third-order valence-corrected chi connectivity index (χ3v) is 4.11. The quantitative estimate of drug-likeness (QED) is 0.721. The van der Waals surface area contributed by atoms with Crippen LogP contribution in [0.25, 0.3) is 10.2 Å². The maximum Gasteiger partial charge on any atom is 0.138 e. The van der Waals surface area contributed by atoms with Gasteiger partial charge in [-0.1, -0.05) is 6.92 Å². The zero-order valence-electron chi connectivity index (χ0n) is 12.0. The number of nitrogens with one attached hydrogen (secondary N) is 1. The molecule has 0 spiro atoms. The first-order valence-electron chi connectivity index (χ1n) is 6.89. The molecule has 0 aromatic carbocycles. The fourth-order valence-corrected chi connectivity index (χ4v) is 2.78. The summed E-state index contributed by atoms with van der Waals surface area (Å²) in [5.74, 6) is 0.919. The minimum absolute atomic E-state index is 0.647. The van der Waals surface area contributed by atoms with Gasteiger partial charge in [0.15, 0.2) is 0 Å². The Labute approximate surface area is 123 Å². The summed E-state index contributed by atoms with van der Waals surface area (Å²) in [7, 11) is 1.68. The number of rotatable bonds is 9. The van der Waals surface area contributed by atoms with Crippen molar-refractivity contribution < 1.29 is 9.47 Å². The lowest BCUT2D eigenvalue weighted by molar-refractivity contribution is 0.0705. The summed E-state index contributed by atoms with van der Waals surface area (Å²) >= 11 is 1.73. The molecule has 0 aliphatic carbocycles. The number of hydrogen-bond donors (Lipinski definition) is 1. The molecule has 20 heavy (non-hydrogen) atoms. The van der Waals surface area contributed by atoms with Gasteiger partial charge < -0.3 is 14.8 Å². The van der Waals surface area contributed by atoms with Gasteiger partial charge in [0.2, 0.25) is 0 Å². The second-order valence-corrected chi connectivity index (χ2v) is 5.51. The van der Waals surface area contributed by atoms with Crippen molar-refractivity contribution in [3.05, 3.63) is 17.3 Å². The summed E-state index contributed by atoms with van der Waals surface area (Å²) in [6.07, 6.45) is 3.60. The number of nitrogens with zero attached hydrogens (tertiary/aromatic N) is 2. The van der Waals surface area contributed by atoms with Crippen molar-refractivity contribution in [2.75, 3.05) is 38.8 Å². The number of aryl methyl sites for hydroxylation is 1. The van der Waals surface area contributed by atoms with Crippen molar-refractivity contribution in [3.8, 4) is 0 Å². The number of methoxy groups -OCH3 is 1. The summed E-state index contributed by atoms with van der Waals surface area (Å²) in [5.41, 5.74) is 0. The van der Waals surface area contributed by atoms with Crippen LogP contribution >= 0.6 is 11.3 Å². The standard InChI is InChI=1S/C14H21N3O2S/c1-3-11-9-12-13(16-10-17-14(12)20-11)15-5-4-6-19-8-7-18-2/h9-10H,3-8H2,1-2H3,(H,15,16,17). The van der Waals surface area contributed by atoms with Crippen LogP contribution < -0.4 is 5.32 Å². The number of ether oxygens (including phenoxy) is 2. The van der Waals surface area contributed by atoms with E-state index in [1.54, 1.807) is 24.8 Å². The van der Waals surface area contributed by atoms with E-state index < -0.39 is 0 Å². The van der Waals surface area contributed by atoms with Gasteiger partial charge in [0.25, 0.3) is 0 Å². The van der Waals surface area contributed by atoms with Crippen molar-refractivity contribution in [3.63, 3.8) is 0 Å². The van der Waals surface area contributed by atoms with Crippen LogP contribution in [-0.2, 0) is 15.9 Å². The minimum atomic E-state index is 0.647. The van der Waals surface area contributed by atoms with Crippen LogP contribution in [0.1, 0.15) is 18.2 Å². The average molecular weight is 295 g/mol. The van der Waals surface area contributed by atoms with Crippen LogP contribution in [-0.4, -0.2) is 43.4 Å². The summed E-state index contributed by atoms with van der Waals surface area (Å²) < 4.78 is 10.3. The predicted octanol–water partition coefficient (Wildman–Crippen LogP) is 2.72. The molecule has 1 N–H and O–H groups in total. The molecule has 0 unspecified atom stereocenters. The normalized spacial score (nSPS) is 11.1. The van der Waals surface area contributed by atoms with E-state index in [9.17, 15) is 0 Å². The van der Waals surface area contributed by atoms with E-state index >= 15 is 0 Å². The van der Waals surface area contributed by atoms with Crippen LogP contribution in [0, 0.1) is 0 Å². The fourth-order valence-electron chi connectivity index (χ4n) is 1.85. The minimum Gasteiger partial charge on any atom is -0.382 e. The largest absolute Gasteiger partial charge is 0.382 e. The van der Waals surface area contributed by atoms with E-state index in [1.807, 2.05) is 0 Å². The highest BCUT2D eigenvalue weighted by molar-refractivity contribution is 7.18. The maximum atomic E-state index is 5.43. The zero-order valence-corrected chi connectivity index (χ0v) is 12.8. The molecule has 6 heteroatoms. The Morgan fingerprint density at radius 3 is 2.95 bits per heavy atom. The Morgan fingerprint density at radius 1 is 1.25 bits per heavy atom. The van der Waals surface area contributed by atoms with Gasteiger partial charge in [0.1, 0.15) is 17.0 Å². The zero-order chi connectivity index (χ0) is 14.2. The van der Waals surface area contributed by atoms with Crippen molar-refractivity contribution in [2.24, 2.45) is 0 Å². The van der Waals surface area contributed by atoms with Gasteiger partial charge in [-0.05, 0) is 18.9 Å². The highest BCUT2D eigenvalue weighted by Crippen LogP contribution is 2.28. The molecule has 0 bridgehead atoms. The molecule has 2 aromatic heterocycles. The van der Waals surface area contributed by atoms with Crippen LogP contribution in [0.2, 0.25) is 0 Å². The van der Waals surface area contributed by atoms with Crippen LogP contribution in [0.3, 0.4) is 0 Å². The molecule has 0 saturated carbocycles. The summed E-state index contributed by atoms with van der Waals surface area (Å²) in [6, 6.07) is 2.18. The van der Waals surface area contributed by atoms with Crippen LogP contribution in [0.15, 0.2) is 12.4 Å². The molecule has 0 saturated heterocycles. The first-order valence-corrected chi connectivity index (χ1v) is 7.70. The second kappa shape index (κ2) is 8.14. The maximum absolute atomic E-state index is 5.43. The molecular formula is C14H21N3O2S. The molecule has 110 valence electrons. The Bertz CT molecular complexity index is 530. The molecule has 2 rings (SSSR count). The van der Waals surface area contributed by atoms with E-state index in [1.165, 1.54) is 4.88 Å². The van der Waals surface area contributed by atoms with Crippen molar-refractivity contribution in [1.82, 2.24) is 9.97 Å². The first-order chi connectivity index (χ1) is 9.85. The van der Waals surface area contributed by atoms with E-state index in [2.05, 4.69) is 28.3 Å². The molecule has 0 amide bonds. The van der Waals surface area contributed by atoms with Gasteiger partial charge >= 0.3 is 0 Å². The van der Waals surface area contributed by atoms with Gasteiger partial charge in [0.05, 0.1) is 18.6 Å². The number of aromatic nitrogens is 2. The lowest BCUT2D eigenvalue weighted by Crippen LogP contribution is -2.09. The van der Waals surface area contributed by atoms with Crippen molar-refractivity contribution in [2.45, 2.75) is 19.8 Å². The van der Waals surface area contributed by atoms with Crippen molar-refractivity contribution >= 4 is 27.4 Å². The van der Waals surface area contributed by atoms with E-state index in [4.69, 9.17) is 9.47 Å². The molecule has 0 fully saturated rings. The SMILES string of the molecule is CCc1cc2c(NCCCOCCOC)ncnc2s1. The molecule has 0 aliphatic heterocycles. The number of hydrogen-bond acceptors (Lipinski definition) is 6. The monoisotopic (exact) mass is 295 g/mol. The topological polar surface area (TPSA) is 56.3 Å². The molecule has 2 aromatic rings. The lowest BCUT2D eigenvalue weighted by Gasteiger charge is -2.06. The Morgan fingerprint density at radius 2 is 2.15 bits per heavy atom. The van der Waals surface area contributed by atoms with Gasteiger partial charge in [-0.15, -0.1) is 11.3 Å². The third kappa shape index (κ3) is 4.13. The highest BCUT2D eigenvalue weighted by atomic mass is 32.1. The van der Waals surface area contributed by atoms with Gasteiger partial charge in [-0.3, -0.25) is 0 Å². The molecule has 5 nitrogen and oxygen atoms in total. The van der Waals surface area contributed by atoms with E-state index in [0.29, 0.717) is 13.2 Å². The Balaban J connectivity index is 1.82. The molecule has 0 aliphatic rings. The molecule has 0 atom stereocenters. The lowest BCUT2D eigenvalue weighted by atomic mass is 10.3. The van der Waals surface area contributed by atoms with Gasteiger partial charge in [0, 0.05) is 25.1 Å². The number of thiophene rings is 1. The highest BCUT2D eigenvalue weighted by Gasteiger charge is 2.07. The van der Waals surface area contributed by atoms with Crippen LogP contribution in [0.5, 0.6) is 0 Å². The third-order valence-electron chi connectivity index (χ3n) is 2.92. The fraction of sp³-hybridized carbons (Fsp3) is 0.571. The summed E-state index contributed by atoms with van der Waals surface area (Å²) in [5, 5.41) is 4.48. The number of fused-ring (bicyclic) bond motifs is 1. The average Bonchev–Trinajstić information content (AvgIpc) is 2.90. The molecular weight excluding hydrogens is 274 g/mol. The Kier molecular flexibility index (Phi) is 6.17. The van der Waals surface area contributed by atoms with E-state index in [-0.39, 0.29) is 0 Å². The van der Waals surface area contributed by atoms with Gasteiger partial charge in [-0.2, -0.15) is 0 Å². The first kappa shape index (κ1) is 15.2. The van der Waals surface area contributed by atoms with Gasteiger partial charge in [-0.25, -0.2) is 9.97 Å². The second-order valence-electron chi connectivity index (χ2n) is 4.39. The van der Waals surface area contributed by atoms with E-state index in [0.717, 1.165) is 42.0 Å². The van der Waals surface area contributed by atoms with Crippen molar-refractivity contribution in [1.29, 1.82) is 0 Å². The molecule has 2 heterocycles. The number of anilines is 1. The van der Waals surface area contributed by atoms with Crippen LogP contribution in [0.4, 0.5) is 5.82 Å².